The van der Waals surface area contributed by atoms with Gasteiger partial charge in [0.2, 0.25) is 0 Å². The molecule has 0 saturated carbocycles. The van der Waals surface area contributed by atoms with Crippen molar-refractivity contribution in [3.8, 4) is 0 Å². The average Bonchev–Trinajstić information content (AvgIpc) is 2.13. The lowest BCUT2D eigenvalue weighted by molar-refractivity contribution is 1.19. The third kappa shape index (κ3) is 1.67. The molecule has 1 aliphatic rings. The maximum Gasteiger partial charge on any atom is 0.0635 e. The van der Waals surface area contributed by atoms with E-state index in [-0.39, 0.29) is 0 Å². The van der Waals surface area contributed by atoms with Crippen LogP contribution in [0.5, 0.6) is 0 Å². The van der Waals surface area contributed by atoms with Crippen molar-refractivity contribution in [2.45, 2.75) is 13.3 Å². The average molecular weight is 120 g/mol. The fourth-order valence-corrected chi connectivity index (χ4v) is 0.551. The first kappa shape index (κ1) is 5.99. The molecule has 46 valence electrons. The second-order valence-electron chi connectivity index (χ2n) is 1.70. The summed E-state index contributed by atoms with van der Waals surface area (Å²) in [5.74, 6) is 2.64. The maximum absolute atomic E-state index is 3.85. The van der Waals surface area contributed by atoms with Gasteiger partial charge >= 0.3 is 0 Å². The van der Waals surface area contributed by atoms with Crippen LogP contribution in [0.3, 0.4) is 0 Å². The Morgan fingerprint density at radius 2 is 2.56 bits per heavy atom. The first-order valence-corrected chi connectivity index (χ1v) is 2.95. The first-order chi connectivity index (χ1) is 4.43. The number of hydrogen-bond acceptors (Lipinski definition) is 2. The van der Waals surface area contributed by atoms with Crippen LogP contribution < -0.4 is 0 Å². The van der Waals surface area contributed by atoms with Crippen LogP contribution in [0.2, 0.25) is 0 Å². The zero-order valence-corrected chi connectivity index (χ0v) is 5.33. The normalized spacial score (nSPS) is 15.4. The molecule has 0 unspecified atom stereocenters. The van der Waals surface area contributed by atoms with E-state index in [0.29, 0.717) is 0 Å². The third-order valence-corrected chi connectivity index (χ3v) is 1.06. The molecule has 1 heterocycles. The highest BCUT2D eigenvalue weighted by molar-refractivity contribution is 5.95. The van der Waals surface area contributed by atoms with Gasteiger partial charge in [0.25, 0.3) is 0 Å². The van der Waals surface area contributed by atoms with Gasteiger partial charge in [-0.2, -0.15) is 0 Å². The molecule has 0 N–H and O–H groups in total. The highest BCUT2D eigenvalue weighted by Gasteiger charge is 1.87. The molecule has 0 saturated heterocycles. The minimum Gasteiger partial charge on any atom is -0.147 e. The predicted molar refractivity (Wildman–Crippen MR) is 38.9 cm³/mol. The van der Waals surface area contributed by atoms with Gasteiger partial charge in [0.1, 0.15) is 0 Å². The van der Waals surface area contributed by atoms with Crippen molar-refractivity contribution in [2.75, 3.05) is 0 Å². The largest absolute Gasteiger partial charge is 0.147 e. The lowest BCUT2D eigenvalue weighted by atomic mass is 10.3. The van der Waals surface area contributed by atoms with Gasteiger partial charge in [-0.1, -0.05) is 13.0 Å². The van der Waals surface area contributed by atoms with Crippen LogP contribution in [0.4, 0.5) is 0 Å². The highest BCUT2D eigenvalue weighted by atomic mass is 15.2. The standard InChI is InChI=1S/C7H8N2/c1-2-7-5-3-4-6-8-9-7/h3-5H,2H2,1H3. The molecule has 0 aromatic heterocycles. The molecule has 9 heavy (non-hydrogen) atoms. The Kier molecular flexibility index (Phi) is 2.00. The van der Waals surface area contributed by atoms with Crippen molar-refractivity contribution >= 4 is 11.6 Å². The quantitative estimate of drug-likeness (QED) is 0.501. The summed E-state index contributed by atoms with van der Waals surface area (Å²) in [6, 6.07) is 0. The molecule has 2 heteroatoms. The Bertz CT molecular complexity index is 205. The second kappa shape index (κ2) is 3.00. The predicted octanol–water partition coefficient (Wildman–Crippen LogP) is 1.55. The van der Waals surface area contributed by atoms with Gasteiger partial charge in [0, 0.05) is 11.9 Å². The minimum atomic E-state index is 0.926. The van der Waals surface area contributed by atoms with E-state index in [9.17, 15) is 0 Å². The molecule has 1 rings (SSSR count). The van der Waals surface area contributed by atoms with Crippen LogP contribution in [0, 0.1) is 0 Å². The zero-order valence-electron chi connectivity index (χ0n) is 5.33. The van der Waals surface area contributed by atoms with Gasteiger partial charge in [-0.3, -0.25) is 0 Å². The van der Waals surface area contributed by atoms with Gasteiger partial charge < -0.3 is 0 Å². The summed E-state index contributed by atoms with van der Waals surface area (Å²) in [5.41, 5.74) is 0.997. The number of hydrogen-bond donors (Lipinski definition) is 0. The molecule has 0 spiro atoms. The van der Waals surface area contributed by atoms with Crippen molar-refractivity contribution in [1.82, 2.24) is 0 Å². The maximum atomic E-state index is 3.85. The monoisotopic (exact) mass is 120 g/mol. The van der Waals surface area contributed by atoms with E-state index < -0.39 is 0 Å². The Morgan fingerprint density at radius 3 is 3.33 bits per heavy atom. The van der Waals surface area contributed by atoms with E-state index in [1.54, 1.807) is 6.08 Å². The summed E-state index contributed by atoms with van der Waals surface area (Å²) in [4.78, 5) is 0. The number of nitrogens with zero attached hydrogens (tertiary/aromatic N) is 2. The van der Waals surface area contributed by atoms with Crippen LogP contribution in [0.15, 0.2) is 28.4 Å². The molecular weight excluding hydrogens is 112 g/mol. The Labute approximate surface area is 54.3 Å². The zero-order chi connectivity index (χ0) is 6.53. The number of allylic oxidation sites excluding steroid dienone is 3. The van der Waals surface area contributed by atoms with Gasteiger partial charge in [0.15, 0.2) is 0 Å². The molecule has 0 aromatic rings. The lowest BCUT2D eigenvalue weighted by Crippen LogP contribution is -1.86. The topological polar surface area (TPSA) is 24.7 Å². The summed E-state index contributed by atoms with van der Waals surface area (Å²) in [5, 5.41) is 7.50. The van der Waals surface area contributed by atoms with Crippen LogP contribution in [0.1, 0.15) is 13.3 Å². The Morgan fingerprint density at radius 1 is 1.67 bits per heavy atom. The molecule has 0 aliphatic carbocycles. The summed E-state index contributed by atoms with van der Waals surface area (Å²) >= 11 is 0. The van der Waals surface area contributed by atoms with E-state index in [1.807, 2.05) is 19.1 Å². The van der Waals surface area contributed by atoms with Gasteiger partial charge in [0.05, 0.1) is 5.71 Å². The second-order valence-corrected chi connectivity index (χ2v) is 1.70. The van der Waals surface area contributed by atoms with Gasteiger partial charge in [-0.05, 0) is 12.5 Å². The Balaban J connectivity index is 2.78. The van der Waals surface area contributed by atoms with Crippen molar-refractivity contribution in [3.05, 3.63) is 18.2 Å². The third-order valence-electron chi connectivity index (χ3n) is 1.06. The molecule has 0 bridgehead atoms. The van der Waals surface area contributed by atoms with E-state index in [4.69, 9.17) is 0 Å². The summed E-state index contributed by atoms with van der Waals surface area (Å²) in [7, 11) is 0. The molecule has 0 amide bonds. The van der Waals surface area contributed by atoms with Gasteiger partial charge in [-0.15, -0.1) is 10.2 Å². The molecule has 0 aromatic carbocycles. The van der Waals surface area contributed by atoms with Crippen LogP contribution in [-0.2, 0) is 0 Å². The number of rotatable bonds is 1. The highest BCUT2D eigenvalue weighted by Crippen LogP contribution is 1.91. The molecule has 0 atom stereocenters. The first-order valence-electron chi connectivity index (χ1n) is 2.95. The lowest BCUT2D eigenvalue weighted by Gasteiger charge is -1.86. The minimum absolute atomic E-state index is 0.926. The molecule has 1 aliphatic heterocycles. The van der Waals surface area contributed by atoms with Crippen molar-refractivity contribution in [3.63, 3.8) is 0 Å². The van der Waals surface area contributed by atoms with Crippen LogP contribution in [-0.4, -0.2) is 11.6 Å². The fourth-order valence-electron chi connectivity index (χ4n) is 0.551. The van der Waals surface area contributed by atoms with E-state index in [0.717, 1.165) is 12.1 Å². The molecular formula is C7H8N2. The van der Waals surface area contributed by atoms with Gasteiger partial charge in [-0.25, -0.2) is 0 Å². The Hall–Kier alpha value is -1.14. The van der Waals surface area contributed by atoms with Crippen molar-refractivity contribution in [2.24, 2.45) is 10.2 Å². The SMILES string of the molecule is CCC1=NN=C=CC=C1. The molecule has 0 fully saturated rings. The van der Waals surface area contributed by atoms with E-state index in [2.05, 4.69) is 16.1 Å². The fraction of sp³-hybridized carbons (Fsp3) is 0.286. The molecule has 0 radical (unpaired) electrons. The van der Waals surface area contributed by atoms with Crippen LogP contribution >= 0.6 is 0 Å². The van der Waals surface area contributed by atoms with Crippen molar-refractivity contribution < 1.29 is 0 Å². The van der Waals surface area contributed by atoms with E-state index in [1.165, 1.54) is 0 Å². The summed E-state index contributed by atoms with van der Waals surface area (Å²) < 4.78 is 0. The van der Waals surface area contributed by atoms with Crippen molar-refractivity contribution in [1.29, 1.82) is 0 Å². The summed E-state index contributed by atoms with van der Waals surface area (Å²) in [6.07, 6.45) is 6.49. The molecule has 2 nitrogen and oxygen atoms in total. The summed E-state index contributed by atoms with van der Waals surface area (Å²) in [6.45, 7) is 2.05. The van der Waals surface area contributed by atoms with Crippen LogP contribution in [0.25, 0.3) is 0 Å². The smallest absolute Gasteiger partial charge is 0.0635 e. The van der Waals surface area contributed by atoms with E-state index >= 15 is 0 Å².